The first-order chi connectivity index (χ1) is 8.28. The smallest absolute Gasteiger partial charge is 0.189 e. The van der Waals surface area contributed by atoms with Crippen LogP contribution in [0.15, 0.2) is 30.5 Å². The third kappa shape index (κ3) is 3.46. The average molecular weight is 247 g/mol. The molecule has 4 heteroatoms. The van der Waals surface area contributed by atoms with E-state index < -0.39 is 0 Å². The maximum atomic E-state index is 5.63. The van der Waals surface area contributed by atoms with Gasteiger partial charge in [-0.2, -0.15) is 0 Å². The van der Waals surface area contributed by atoms with Crippen LogP contribution in [0, 0.1) is 0 Å². The van der Waals surface area contributed by atoms with E-state index in [2.05, 4.69) is 41.5 Å². The van der Waals surface area contributed by atoms with E-state index in [4.69, 9.17) is 5.73 Å². The molecule has 3 N–H and O–H groups in total. The zero-order valence-electron chi connectivity index (χ0n) is 9.94. The Kier molecular flexibility index (Phi) is 3.98. The predicted octanol–water partition coefficient (Wildman–Crippen LogP) is 3.81. The topological polar surface area (TPSA) is 50.9 Å². The highest BCUT2D eigenvalue weighted by molar-refractivity contribution is 7.19. The molecule has 0 radical (unpaired) electrons. The van der Waals surface area contributed by atoms with Gasteiger partial charge in [0.05, 0.1) is 6.20 Å². The Labute approximate surface area is 106 Å². The van der Waals surface area contributed by atoms with E-state index in [1.165, 1.54) is 29.7 Å². The van der Waals surface area contributed by atoms with Crippen molar-refractivity contribution < 1.29 is 0 Å². The number of nitrogen functional groups attached to an aromatic ring is 1. The zero-order chi connectivity index (χ0) is 12.1. The highest BCUT2D eigenvalue weighted by atomic mass is 32.1. The van der Waals surface area contributed by atoms with Gasteiger partial charge in [-0.05, 0) is 30.5 Å². The lowest BCUT2D eigenvalue weighted by atomic mass is 10.1. The van der Waals surface area contributed by atoms with Crippen LogP contribution in [0.2, 0.25) is 0 Å². The Morgan fingerprint density at radius 3 is 2.65 bits per heavy atom. The van der Waals surface area contributed by atoms with Crippen LogP contribution in [0.1, 0.15) is 25.3 Å². The molecule has 17 heavy (non-hydrogen) atoms. The molecule has 0 bridgehead atoms. The van der Waals surface area contributed by atoms with Crippen molar-refractivity contribution in [2.45, 2.75) is 26.2 Å². The van der Waals surface area contributed by atoms with E-state index in [1.54, 1.807) is 6.20 Å². The summed E-state index contributed by atoms with van der Waals surface area (Å²) in [4.78, 5) is 4.17. The maximum absolute atomic E-state index is 5.63. The van der Waals surface area contributed by atoms with Gasteiger partial charge in [-0.3, -0.25) is 0 Å². The summed E-state index contributed by atoms with van der Waals surface area (Å²) in [6.45, 7) is 2.21. The van der Waals surface area contributed by atoms with E-state index in [0.717, 1.165) is 22.2 Å². The highest BCUT2D eigenvalue weighted by Gasteiger charge is 1.99. The van der Waals surface area contributed by atoms with Crippen molar-refractivity contribution in [1.29, 1.82) is 0 Å². The minimum absolute atomic E-state index is 0.729. The first-order valence-electron chi connectivity index (χ1n) is 5.85. The molecule has 0 atom stereocenters. The standard InChI is InChI=1S/C13H17N3S/c1-2-3-4-10-5-7-11(8-6-10)16-13-15-9-12(14)17-13/h5-9H,2-4,14H2,1H3,(H,15,16). The molecule has 0 aliphatic rings. The van der Waals surface area contributed by atoms with Crippen LogP contribution in [0.4, 0.5) is 15.8 Å². The number of hydrogen-bond acceptors (Lipinski definition) is 4. The third-order valence-electron chi connectivity index (χ3n) is 2.55. The lowest BCUT2D eigenvalue weighted by Crippen LogP contribution is -1.90. The van der Waals surface area contributed by atoms with Gasteiger partial charge >= 0.3 is 0 Å². The van der Waals surface area contributed by atoms with Crippen LogP contribution in [-0.4, -0.2) is 4.98 Å². The SMILES string of the molecule is CCCCc1ccc(Nc2ncc(N)s2)cc1. The van der Waals surface area contributed by atoms with Gasteiger partial charge in [0.15, 0.2) is 5.13 Å². The molecule has 0 aliphatic carbocycles. The molecular weight excluding hydrogens is 230 g/mol. The highest BCUT2D eigenvalue weighted by Crippen LogP contribution is 2.24. The number of unbranched alkanes of at least 4 members (excludes halogenated alkanes) is 1. The predicted molar refractivity (Wildman–Crippen MR) is 74.9 cm³/mol. The van der Waals surface area contributed by atoms with Crippen molar-refractivity contribution in [3.05, 3.63) is 36.0 Å². The van der Waals surface area contributed by atoms with Crippen LogP contribution in [-0.2, 0) is 6.42 Å². The first kappa shape index (κ1) is 11.9. The molecule has 0 aliphatic heterocycles. The van der Waals surface area contributed by atoms with Gasteiger partial charge in [0.2, 0.25) is 0 Å². The molecule has 2 aromatic rings. The van der Waals surface area contributed by atoms with Gasteiger partial charge in [-0.25, -0.2) is 4.98 Å². The number of thiazole rings is 1. The zero-order valence-corrected chi connectivity index (χ0v) is 10.8. The average Bonchev–Trinajstić information content (AvgIpc) is 2.74. The summed E-state index contributed by atoms with van der Waals surface area (Å²) in [6, 6.07) is 8.50. The number of nitrogens with zero attached hydrogens (tertiary/aromatic N) is 1. The Morgan fingerprint density at radius 2 is 2.06 bits per heavy atom. The maximum Gasteiger partial charge on any atom is 0.189 e. The Hall–Kier alpha value is -1.55. The number of benzene rings is 1. The van der Waals surface area contributed by atoms with Gasteiger partial charge in [-0.15, -0.1) is 0 Å². The summed E-state index contributed by atoms with van der Waals surface area (Å²) in [7, 11) is 0. The number of nitrogens with two attached hydrogens (primary N) is 1. The second kappa shape index (κ2) is 5.68. The van der Waals surface area contributed by atoms with Crippen molar-refractivity contribution in [2.75, 3.05) is 11.1 Å². The molecule has 1 heterocycles. The Balaban J connectivity index is 1.98. The summed E-state index contributed by atoms with van der Waals surface area (Å²) < 4.78 is 0. The number of aryl methyl sites for hydroxylation is 1. The molecule has 90 valence electrons. The molecule has 0 saturated carbocycles. The van der Waals surface area contributed by atoms with Crippen molar-refractivity contribution in [2.24, 2.45) is 0 Å². The van der Waals surface area contributed by atoms with E-state index in [1.807, 2.05) is 0 Å². The van der Waals surface area contributed by atoms with Gasteiger partial charge < -0.3 is 11.1 Å². The number of aromatic nitrogens is 1. The molecule has 0 unspecified atom stereocenters. The molecule has 3 nitrogen and oxygen atoms in total. The Bertz CT molecular complexity index is 462. The summed E-state index contributed by atoms with van der Waals surface area (Å²) in [6.07, 6.45) is 5.30. The molecule has 0 saturated heterocycles. The minimum atomic E-state index is 0.729. The quantitative estimate of drug-likeness (QED) is 0.844. The van der Waals surface area contributed by atoms with Crippen LogP contribution >= 0.6 is 11.3 Å². The molecule has 0 amide bonds. The molecule has 0 spiro atoms. The summed E-state index contributed by atoms with van der Waals surface area (Å²) >= 11 is 1.46. The van der Waals surface area contributed by atoms with E-state index in [0.29, 0.717) is 0 Å². The van der Waals surface area contributed by atoms with E-state index in [-0.39, 0.29) is 0 Å². The van der Waals surface area contributed by atoms with Crippen LogP contribution in [0.25, 0.3) is 0 Å². The third-order valence-corrected chi connectivity index (χ3v) is 3.29. The number of hydrogen-bond donors (Lipinski definition) is 2. The van der Waals surface area contributed by atoms with Crippen LogP contribution < -0.4 is 11.1 Å². The number of rotatable bonds is 5. The van der Waals surface area contributed by atoms with Crippen molar-refractivity contribution >= 4 is 27.2 Å². The van der Waals surface area contributed by atoms with Crippen molar-refractivity contribution in [3.63, 3.8) is 0 Å². The largest absolute Gasteiger partial charge is 0.389 e. The lowest BCUT2D eigenvalue weighted by molar-refractivity contribution is 0.795. The fourth-order valence-electron chi connectivity index (χ4n) is 1.60. The van der Waals surface area contributed by atoms with Gasteiger partial charge in [0, 0.05) is 5.69 Å². The van der Waals surface area contributed by atoms with Gasteiger partial charge in [0.25, 0.3) is 0 Å². The number of anilines is 3. The summed E-state index contributed by atoms with van der Waals surface area (Å²) in [5.41, 5.74) is 8.07. The molecule has 1 aromatic carbocycles. The second-order valence-corrected chi connectivity index (χ2v) is 5.06. The first-order valence-corrected chi connectivity index (χ1v) is 6.67. The Morgan fingerprint density at radius 1 is 1.29 bits per heavy atom. The van der Waals surface area contributed by atoms with E-state index >= 15 is 0 Å². The van der Waals surface area contributed by atoms with Gasteiger partial charge in [0.1, 0.15) is 5.00 Å². The fourth-order valence-corrected chi connectivity index (χ4v) is 2.21. The normalized spacial score (nSPS) is 10.4. The van der Waals surface area contributed by atoms with Gasteiger partial charge in [-0.1, -0.05) is 36.8 Å². The summed E-state index contributed by atoms with van der Waals surface area (Å²) in [5.74, 6) is 0. The molecule has 0 fully saturated rings. The lowest BCUT2D eigenvalue weighted by Gasteiger charge is -2.04. The molecule has 2 rings (SSSR count). The monoisotopic (exact) mass is 247 g/mol. The summed E-state index contributed by atoms with van der Waals surface area (Å²) in [5, 5.41) is 4.80. The van der Waals surface area contributed by atoms with Crippen LogP contribution in [0.3, 0.4) is 0 Å². The van der Waals surface area contributed by atoms with Crippen molar-refractivity contribution in [1.82, 2.24) is 4.98 Å². The fraction of sp³-hybridized carbons (Fsp3) is 0.308. The number of nitrogens with one attached hydrogen (secondary N) is 1. The van der Waals surface area contributed by atoms with E-state index in [9.17, 15) is 0 Å². The molecular formula is C13H17N3S. The van der Waals surface area contributed by atoms with Crippen LogP contribution in [0.5, 0.6) is 0 Å². The minimum Gasteiger partial charge on any atom is -0.389 e. The molecule has 1 aromatic heterocycles. The van der Waals surface area contributed by atoms with Crippen molar-refractivity contribution in [3.8, 4) is 0 Å². The second-order valence-electron chi connectivity index (χ2n) is 3.99.